The highest BCUT2D eigenvalue weighted by Gasteiger charge is 2.25. The van der Waals surface area contributed by atoms with E-state index in [1.807, 2.05) is 29.2 Å². The lowest BCUT2D eigenvalue weighted by Gasteiger charge is -2.34. The molecule has 2 saturated heterocycles. The summed E-state index contributed by atoms with van der Waals surface area (Å²) in [5, 5.41) is 0. The minimum Gasteiger partial charge on any atom is -0.450 e. The molecule has 0 radical (unpaired) electrons. The van der Waals surface area contributed by atoms with Crippen LogP contribution in [0.5, 0.6) is 0 Å². The first-order chi connectivity index (χ1) is 12.6. The number of hydrogen-bond donors (Lipinski definition) is 0. The Balaban J connectivity index is 1.53. The second-order valence-corrected chi connectivity index (χ2v) is 6.59. The number of amides is 3. The highest BCUT2D eigenvalue weighted by molar-refractivity contribution is 5.94. The lowest BCUT2D eigenvalue weighted by atomic mass is 10.1. The first kappa shape index (κ1) is 18.2. The van der Waals surface area contributed by atoms with Gasteiger partial charge in [0.2, 0.25) is 5.91 Å². The van der Waals surface area contributed by atoms with Crippen molar-refractivity contribution in [3.8, 4) is 0 Å². The van der Waals surface area contributed by atoms with Crippen LogP contribution in [0, 0.1) is 0 Å². The Labute approximate surface area is 153 Å². The molecule has 2 heterocycles. The van der Waals surface area contributed by atoms with Gasteiger partial charge >= 0.3 is 6.09 Å². The largest absolute Gasteiger partial charge is 0.450 e. The molecule has 3 amide bonds. The molecule has 7 heteroatoms. The Hall–Kier alpha value is -2.57. The third-order valence-electron chi connectivity index (χ3n) is 4.84. The molecule has 0 atom stereocenters. The molecule has 0 aliphatic carbocycles. The Morgan fingerprint density at radius 3 is 2.23 bits per heavy atom. The molecule has 0 unspecified atom stereocenters. The third-order valence-corrected chi connectivity index (χ3v) is 4.84. The van der Waals surface area contributed by atoms with Crippen LogP contribution >= 0.6 is 0 Å². The van der Waals surface area contributed by atoms with Gasteiger partial charge in [0.25, 0.3) is 5.91 Å². The van der Waals surface area contributed by atoms with Gasteiger partial charge in [-0.05, 0) is 31.0 Å². The number of rotatable bonds is 4. The average Bonchev–Trinajstić information content (AvgIpc) is 3.07. The predicted molar refractivity (Wildman–Crippen MR) is 95.6 cm³/mol. The van der Waals surface area contributed by atoms with Gasteiger partial charge in [0.1, 0.15) is 0 Å². The third kappa shape index (κ3) is 4.15. The van der Waals surface area contributed by atoms with Gasteiger partial charge < -0.3 is 19.4 Å². The molecule has 0 spiro atoms. The van der Waals surface area contributed by atoms with Gasteiger partial charge in [0.15, 0.2) is 0 Å². The SMILES string of the molecule is CCOC(=O)N1CCN(C(=O)c2ccc(CN3CCCC3=O)cc2)CC1. The monoisotopic (exact) mass is 359 g/mol. The second-order valence-electron chi connectivity index (χ2n) is 6.59. The second kappa shape index (κ2) is 8.21. The molecule has 7 nitrogen and oxygen atoms in total. The van der Waals surface area contributed by atoms with Crippen molar-refractivity contribution < 1.29 is 19.1 Å². The number of carbonyl (C=O) groups excluding carboxylic acids is 3. The summed E-state index contributed by atoms with van der Waals surface area (Å²) in [6.45, 7) is 5.52. The average molecular weight is 359 g/mol. The minimum atomic E-state index is -0.319. The van der Waals surface area contributed by atoms with E-state index in [0.717, 1.165) is 18.5 Å². The summed E-state index contributed by atoms with van der Waals surface area (Å²) in [5.41, 5.74) is 1.66. The van der Waals surface area contributed by atoms with Crippen LogP contribution in [-0.2, 0) is 16.1 Å². The number of hydrogen-bond acceptors (Lipinski definition) is 4. The molecular formula is C19H25N3O4. The number of carbonyl (C=O) groups is 3. The van der Waals surface area contributed by atoms with E-state index in [4.69, 9.17) is 4.74 Å². The number of benzene rings is 1. The van der Waals surface area contributed by atoms with Gasteiger partial charge in [-0.15, -0.1) is 0 Å². The fourth-order valence-corrected chi connectivity index (χ4v) is 3.33. The summed E-state index contributed by atoms with van der Waals surface area (Å²) in [6.07, 6.45) is 1.24. The van der Waals surface area contributed by atoms with Crippen LogP contribution in [0.1, 0.15) is 35.7 Å². The number of piperazine rings is 1. The van der Waals surface area contributed by atoms with Crippen LogP contribution in [-0.4, -0.2) is 71.9 Å². The quantitative estimate of drug-likeness (QED) is 0.821. The zero-order valence-electron chi connectivity index (χ0n) is 15.1. The van der Waals surface area contributed by atoms with E-state index in [1.54, 1.807) is 16.7 Å². The van der Waals surface area contributed by atoms with Crippen LogP contribution in [0.4, 0.5) is 4.79 Å². The molecule has 3 rings (SSSR count). The summed E-state index contributed by atoms with van der Waals surface area (Å²) in [5.74, 6) is 0.168. The molecule has 2 fully saturated rings. The van der Waals surface area contributed by atoms with E-state index >= 15 is 0 Å². The summed E-state index contributed by atoms with van der Waals surface area (Å²) < 4.78 is 4.99. The molecule has 2 aliphatic heterocycles. The fourth-order valence-electron chi connectivity index (χ4n) is 3.33. The van der Waals surface area contributed by atoms with Crippen molar-refractivity contribution in [2.75, 3.05) is 39.3 Å². The van der Waals surface area contributed by atoms with Crippen LogP contribution in [0.2, 0.25) is 0 Å². The normalized spacial score (nSPS) is 17.6. The Bertz CT molecular complexity index is 666. The topological polar surface area (TPSA) is 70.2 Å². The molecule has 0 saturated carbocycles. The Morgan fingerprint density at radius 2 is 1.65 bits per heavy atom. The van der Waals surface area contributed by atoms with Crippen LogP contribution in [0.15, 0.2) is 24.3 Å². The van der Waals surface area contributed by atoms with E-state index in [9.17, 15) is 14.4 Å². The smallest absolute Gasteiger partial charge is 0.409 e. The molecule has 0 N–H and O–H groups in total. The molecule has 1 aromatic carbocycles. The number of nitrogens with zero attached hydrogens (tertiary/aromatic N) is 3. The van der Waals surface area contributed by atoms with Gasteiger partial charge in [-0.1, -0.05) is 12.1 Å². The van der Waals surface area contributed by atoms with Crippen LogP contribution in [0.3, 0.4) is 0 Å². The fraction of sp³-hybridized carbons (Fsp3) is 0.526. The molecular weight excluding hydrogens is 334 g/mol. The first-order valence-electron chi connectivity index (χ1n) is 9.16. The molecule has 0 aromatic heterocycles. The van der Waals surface area contributed by atoms with Crippen molar-refractivity contribution >= 4 is 17.9 Å². The predicted octanol–water partition coefficient (Wildman–Crippen LogP) is 1.72. The maximum atomic E-state index is 12.6. The van der Waals surface area contributed by atoms with Gasteiger partial charge in [-0.2, -0.15) is 0 Å². The van der Waals surface area contributed by atoms with Crippen molar-refractivity contribution in [2.24, 2.45) is 0 Å². The molecule has 26 heavy (non-hydrogen) atoms. The zero-order valence-corrected chi connectivity index (χ0v) is 15.1. The lowest BCUT2D eigenvalue weighted by Crippen LogP contribution is -2.50. The maximum absolute atomic E-state index is 12.6. The van der Waals surface area contributed by atoms with Gasteiger partial charge in [-0.3, -0.25) is 9.59 Å². The van der Waals surface area contributed by atoms with Crippen LogP contribution < -0.4 is 0 Å². The summed E-state index contributed by atoms with van der Waals surface area (Å²) in [6, 6.07) is 7.45. The van der Waals surface area contributed by atoms with E-state index in [1.165, 1.54) is 0 Å². The lowest BCUT2D eigenvalue weighted by molar-refractivity contribution is -0.128. The van der Waals surface area contributed by atoms with Gasteiger partial charge in [0.05, 0.1) is 6.61 Å². The number of ether oxygens (including phenoxy) is 1. The van der Waals surface area contributed by atoms with E-state index in [-0.39, 0.29) is 17.9 Å². The van der Waals surface area contributed by atoms with Gasteiger partial charge in [0, 0.05) is 51.3 Å². The summed E-state index contributed by atoms with van der Waals surface area (Å²) >= 11 is 0. The zero-order chi connectivity index (χ0) is 18.5. The molecule has 2 aliphatic rings. The van der Waals surface area contributed by atoms with E-state index in [2.05, 4.69) is 0 Å². The Kier molecular flexibility index (Phi) is 5.75. The summed E-state index contributed by atoms with van der Waals surface area (Å²) in [7, 11) is 0. The number of likely N-dealkylation sites (tertiary alicyclic amines) is 1. The van der Waals surface area contributed by atoms with E-state index in [0.29, 0.717) is 51.3 Å². The van der Waals surface area contributed by atoms with Crippen molar-refractivity contribution in [1.82, 2.24) is 14.7 Å². The summed E-state index contributed by atoms with van der Waals surface area (Å²) in [4.78, 5) is 41.3. The molecule has 0 bridgehead atoms. The van der Waals surface area contributed by atoms with Crippen molar-refractivity contribution in [2.45, 2.75) is 26.3 Å². The highest BCUT2D eigenvalue weighted by Crippen LogP contribution is 2.16. The maximum Gasteiger partial charge on any atom is 0.409 e. The van der Waals surface area contributed by atoms with Crippen molar-refractivity contribution in [1.29, 1.82) is 0 Å². The minimum absolute atomic E-state index is 0.0303. The Morgan fingerprint density at radius 1 is 1.00 bits per heavy atom. The van der Waals surface area contributed by atoms with Gasteiger partial charge in [-0.25, -0.2) is 4.79 Å². The standard InChI is InChI=1S/C19H25N3O4/c1-2-26-19(25)21-12-10-20(11-13-21)18(24)16-7-5-15(6-8-16)14-22-9-3-4-17(22)23/h5-8H,2-4,9-14H2,1H3. The van der Waals surface area contributed by atoms with Crippen molar-refractivity contribution in [3.05, 3.63) is 35.4 Å². The van der Waals surface area contributed by atoms with E-state index < -0.39 is 0 Å². The van der Waals surface area contributed by atoms with Crippen LogP contribution in [0.25, 0.3) is 0 Å². The molecule has 1 aromatic rings. The highest BCUT2D eigenvalue weighted by atomic mass is 16.6. The molecule has 140 valence electrons. The van der Waals surface area contributed by atoms with Crippen molar-refractivity contribution in [3.63, 3.8) is 0 Å². The first-order valence-corrected chi connectivity index (χ1v) is 9.16.